The maximum Gasteiger partial charge on any atom is 0.509 e. The van der Waals surface area contributed by atoms with Crippen LogP contribution in [0.15, 0.2) is 0 Å². The van der Waals surface area contributed by atoms with Gasteiger partial charge in [-0.25, -0.2) is 9.59 Å². The van der Waals surface area contributed by atoms with E-state index in [4.69, 9.17) is 9.47 Å². The van der Waals surface area contributed by atoms with Crippen LogP contribution >= 0.6 is 0 Å². The predicted molar refractivity (Wildman–Crippen MR) is 53.4 cm³/mol. The molecule has 15 heavy (non-hydrogen) atoms. The van der Waals surface area contributed by atoms with Crippen LogP contribution in [-0.2, 0) is 19.0 Å². The lowest BCUT2D eigenvalue weighted by atomic mass is 10.1. The van der Waals surface area contributed by atoms with Gasteiger partial charge >= 0.3 is 12.1 Å². The number of carbonyl (C=O) groups excluding carboxylic acids is 2. The molecular weight excluding hydrogens is 200 g/mol. The third-order valence-electron chi connectivity index (χ3n) is 1.43. The molecule has 0 aromatic carbocycles. The fraction of sp³-hybridized carbons (Fsp3) is 0.800. The van der Waals surface area contributed by atoms with Crippen molar-refractivity contribution < 1.29 is 23.8 Å². The molecule has 0 atom stereocenters. The Hall–Kier alpha value is -1.26. The molecule has 0 saturated carbocycles. The molecule has 0 aliphatic carbocycles. The number of hydrogen-bond acceptors (Lipinski definition) is 5. The van der Waals surface area contributed by atoms with Crippen molar-refractivity contribution in [3.8, 4) is 0 Å². The van der Waals surface area contributed by atoms with Crippen molar-refractivity contribution in [3.63, 3.8) is 0 Å². The lowest BCUT2D eigenvalue weighted by Gasteiger charge is -2.23. The molecule has 0 heterocycles. The Morgan fingerprint density at radius 2 is 1.80 bits per heavy atom. The van der Waals surface area contributed by atoms with Crippen LogP contribution in [0.1, 0.15) is 34.6 Å². The maximum absolute atomic E-state index is 11.5. The van der Waals surface area contributed by atoms with Crippen molar-refractivity contribution in [1.82, 2.24) is 0 Å². The van der Waals surface area contributed by atoms with Crippen molar-refractivity contribution in [3.05, 3.63) is 0 Å². The Bertz CT molecular complexity index is 232. The van der Waals surface area contributed by atoms with E-state index in [2.05, 4.69) is 4.74 Å². The van der Waals surface area contributed by atoms with Crippen LogP contribution in [0.25, 0.3) is 0 Å². The summed E-state index contributed by atoms with van der Waals surface area (Å²) in [6, 6.07) is 0. The molecule has 0 unspecified atom stereocenters. The minimum Gasteiger partial charge on any atom is -0.460 e. The van der Waals surface area contributed by atoms with Crippen molar-refractivity contribution in [2.45, 2.75) is 46.3 Å². The van der Waals surface area contributed by atoms with Gasteiger partial charge in [0.25, 0.3) is 0 Å². The van der Waals surface area contributed by atoms with Gasteiger partial charge in [-0.3, -0.25) is 0 Å². The highest BCUT2D eigenvalue weighted by Gasteiger charge is 2.35. The Kier molecular flexibility index (Phi) is 5.11. The molecule has 0 radical (unpaired) electrons. The summed E-state index contributed by atoms with van der Waals surface area (Å²) in [4.78, 5) is 22.5. The van der Waals surface area contributed by atoms with Crippen molar-refractivity contribution in [2.75, 3.05) is 6.61 Å². The van der Waals surface area contributed by atoms with Crippen LogP contribution in [0.2, 0.25) is 0 Å². The number of rotatable bonds is 4. The molecule has 0 amide bonds. The summed E-state index contributed by atoms with van der Waals surface area (Å²) < 4.78 is 14.3. The summed E-state index contributed by atoms with van der Waals surface area (Å²) in [5, 5.41) is 0. The van der Waals surface area contributed by atoms with E-state index in [-0.39, 0.29) is 12.7 Å². The smallest absolute Gasteiger partial charge is 0.460 e. The molecule has 5 heteroatoms. The van der Waals surface area contributed by atoms with Gasteiger partial charge in [-0.15, -0.1) is 0 Å². The van der Waals surface area contributed by atoms with E-state index in [0.29, 0.717) is 0 Å². The zero-order chi connectivity index (χ0) is 12.1. The average Bonchev–Trinajstić information content (AvgIpc) is 2.01. The fourth-order valence-electron chi connectivity index (χ4n) is 0.753. The van der Waals surface area contributed by atoms with E-state index in [9.17, 15) is 9.59 Å². The first-order valence-electron chi connectivity index (χ1n) is 4.86. The molecule has 88 valence electrons. The van der Waals surface area contributed by atoms with Crippen LogP contribution in [-0.4, -0.2) is 30.4 Å². The molecule has 0 bridgehead atoms. The first-order valence-corrected chi connectivity index (χ1v) is 4.86. The molecule has 0 aromatic rings. The quantitative estimate of drug-likeness (QED) is 0.674. The molecule has 0 rings (SSSR count). The SMILES string of the molecule is CCOC(=O)OC(C)(C)C(=O)OC(C)C. The Morgan fingerprint density at radius 3 is 2.20 bits per heavy atom. The van der Waals surface area contributed by atoms with Crippen LogP contribution < -0.4 is 0 Å². The van der Waals surface area contributed by atoms with Crippen LogP contribution in [0.4, 0.5) is 4.79 Å². The zero-order valence-corrected chi connectivity index (χ0v) is 9.83. The molecule has 0 fully saturated rings. The van der Waals surface area contributed by atoms with Gasteiger partial charge in [0.1, 0.15) is 0 Å². The molecule has 0 saturated heterocycles. The summed E-state index contributed by atoms with van der Waals surface area (Å²) in [5.74, 6) is -0.592. The van der Waals surface area contributed by atoms with E-state index in [1.54, 1.807) is 20.8 Å². The summed E-state index contributed by atoms with van der Waals surface area (Å²) in [7, 11) is 0. The van der Waals surface area contributed by atoms with E-state index < -0.39 is 17.7 Å². The maximum atomic E-state index is 11.5. The van der Waals surface area contributed by atoms with Gasteiger partial charge in [-0.05, 0) is 34.6 Å². The second-order valence-electron chi connectivity index (χ2n) is 3.75. The summed E-state index contributed by atoms with van der Waals surface area (Å²) in [6.07, 6.45) is -1.12. The third-order valence-corrected chi connectivity index (χ3v) is 1.43. The van der Waals surface area contributed by atoms with E-state index in [0.717, 1.165) is 0 Å². The topological polar surface area (TPSA) is 61.8 Å². The van der Waals surface area contributed by atoms with E-state index in [1.165, 1.54) is 13.8 Å². The highest BCUT2D eigenvalue weighted by atomic mass is 16.7. The highest BCUT2D eigenvalue weighted by Crippen LogP contribution is 2.14. The molecule has 0 spiro atoms. The Morgan fingerprint density at radius 1 is 1.27 bits per heavy atom. The lowest BCUT2D eigenvalue weighted by molar-refractivity contribution is -0.168. The van der Waals surface area contributed by atoms with Gasteiger partial charge in [0.15, 0.2) is 0 Å². The van der Waals surface area contributed by atoms with Gasteiger partial charge in [0.05, 0.1) is 12.7 Å². The molecule has 0 aliphatic rings. The average molecular weight is 218 g/mol. The molecule has 5 nitrogen and oxygen atoms in total. The van der Waals surface area contributed by atoms with Crippen molar-refractivity contribution in [2.24, 2.45) is 0 Å². The van der Waals surface area contributed by atoms with Crippen molar-refractivity contribution in [1.29, 1.82) is 0 Å². The van der Waals surface area contributed by atoms with Gasteiger partial charge in [-0.1, -0.05) is 0 Å². The second-order valence-corrected chi connectivity index (χ2v) is 3.75. The minimum atomic E-state index is -1.32. The minimum absolute atomic E-state index is 0.203. The summed E-state index contributed by atoms with van der Waals surface area (Å²) in [6.45, 7) is 8.20. The van der Waals surface area contributed by atoms with Gasteiger partial charge in [0.2, 0.25) is 5.60 Å². The number of esters is 1. The Balaban J connectivity index is 4.27. The lowest BCUT2D eigenvalue weighted by Crippen LogP contribution is -2.40. The van der Waals surface area contributed by atoms with Crippen LogP contribution in [0.5, 0.6) is 0 Å². The first kappa shape index (κ1) is 13.7. The Labute approximate surface area is 89.7 Å². The van der Waals surface area contributed by atoms with E-state index >= 15 is 0 Å². The second kappa shape index (κ2) is 5.58. The summed E-state index contributed by atoms with van der Waals surface area (Å²) >= 11 is 0. The monoisotopic (exact) mass is 218 g/mol. The standard InChI is InChI=1S/C10H18O5/c1-6-13-9(12)15-10(4,5)8(11)14-7(2)3/h7H,6H2,1-5H3. The normalized spacial score (nSPS) is 11.1. The van der Waals surface area contributed by atoms with Gasteiger partial charge in [-0.2, -0.15) is 0 Å². The van der Waals surface area contributed by atoms with Crippen LogP contribution in [0, 0.1) is 0 Å². The first-order chi connectivity index (χ1) is 6.79. The molecule has 0 N–H and O–H groups in total. The fourth-order valence-corrected chi connectivity index (χ4v) is 0.753. The molecular formula is C10H18O5. The molecule has 0 aromatic heterocycles. The van der Waals surface area contributed by atoms with Crippen LogP contribution in [0.3, 0.4) is 0 Å². The highest BCUT2D eigenvalue weighted by molar-refractivity contribution is 5.81. The van der Waals surface area contributed by atoms with Gasteiger partial charge in [0, 0.05) is 0 Å². The summed E-state index contributed by atoms with van der Waals surface area (Å²) in [5.41, 5.74) is -1.32. The van der Waals surface area contributed by atoms with E-state index in [1.807, 2.05) is 0 Å². The van der Waals surface area contributed by atoms with Gasteiger partial charge < -0.3 is 14.2 Å². The number of carbonyl (C=O) groups is 2. The third kappa shape index (κ3) is 5.24. The number of ether oxygens (including phenoxy) is 3. The predicted octanol–water partition coefficient (Wildman–Crippen LogP) is 1.89. The largest absolute Gasteiger partial charge is 0.509 e. The number of hydrogen-bond donors (Lipinski definition) is 0. The zero-order valence-electron chi connectivity index (χ0n) is 9.83. The van der Waals surface area contributed by atoms with Crippen molar-refractivity contribution >= 4 is 12.1 Å². The molecule has 0 aliphatic heterocycles.